The lowest BCUT2D eigenvalue weighted by Crippen LogP contribution is -2.80. The van der Waals surface area contributed by atoms with Crippen molar-refractivity contribution >= 4 is 0 Å². The molecule has 2 N–H and O–H groups in total. The summed E-state index contributed by atoms with van der Waals surface area (Å²) in [6.07, 6.45) is 10.2. The Morgan fingerprint density at radius 1 is 1.26 bits per heavy atom. The number of likely N-dealkylation sites (tertiary alicyclic amines) is 1. The molecule has 2 aromatic rings. The molecule has 6 atom stereocenters. The first kappa shape index (κ1) is 18.5. The molecule has 3 fully saturated rings. The van der Waals surface area contributed by atoms with Gasteiger partial charge in [-0.15, -0.1) is 0 Å². The van der Waals surface area contributed by atoms with Crippen molar-refractivity contribution in [2.75, 3.05) is 13.1 Å². The number of hydrogen-bond donors (Lipinski definition) is 2. The molecule has 1 aromatic carbocycles. The molecule has 0 amide bonds. The van der Waals surface area contributed by atoms with E-state index in [9.17, 15) is 15.4 Å². The molecule has 2 aliphatic heterocycles. The molecular formula is C24H29N3O4. The van der Waals surface area contributed by atoms with Gasteiger partial charge in [0.15, 0.2) is 11.5 Å². The van der Waals surface area contributed by atoms with Crippen molar-refractivity contribution in [3.05, 3.63) is 47.2 Å². The lowest BCUT2D eigenvalue weighted by Gasteiger charge is -2.68. The summed E-state index contributed by atoms with van der Waals surface area (Å²) < 4.78 is 8.35. The summed E-state index contributed by atoms with van der Waals surface area (Å²) in [5.41, 5.74) is 0.370. The number of aromatic hydroxyl groups is 1. The molecule has 0 radical (unpaired) electrons. The number of ether oxygens (including phenoxy) is 1. The van der Waals surface area contributed by atoms with Crippen LogP contribution >= 0.6 is 0 Å². The normalized spacial score (nSPS) is 42.2. The monoisotopic (exact) mass is 423 g/mol. The standard InChI is InChI=1S/C24H29N3O4/c28-18-4-3-16-11-19-24(29)6-5-17(12-26-9-8-25-14-26)22-23(24,20(16)21(18)31-22)7-10-27(19,30)13-15-1-2-15/h3-4,8-9,14-15,17,19,22,28-29H,1-2,5-7,10-13H2/t17-,19-,22+,23+,24-,27?/m1/s1. The number of piperidine rings is 1. The first-order valence-electron chi connectivity index (χ1n) is 11.7. The van der Waals surface area contributed by atoms with Gasteiger partial charge in [0.05, 0.1) is 24.8 Å². The maximum absolute atomic E-state index is 14.2. The lowest BCUT2D eigenvalue weighted by atomic mass is 9.47. The van der Waals surface area contributed by atoms with Gasteiger partial charge in [-0.1, -0.05) is 6.07 Å². The van der Waals surface area contributed by atoms with Gasteiger partial charge in [-0.05, 0) is 37.3 Å². The highest BCUT2D eigenvalue weighted by atomic mass is 16.6. The molecule has 7 heteroatoms. The summed E-state index contributed by atoms with van der Waals surface area (Å²) >= 11 is 0. The van der Waals surface area contributed by atoms with E-state index in [0.29, 0.717) is 44.0 Å². The average Bonchev–Trinajstić information content (AvgIpc) is 3.25. The molecule has 31 heavy (non-hydrogen) atoms. The van der Waals surface area contributed by atoms with Crippen molar-refractivity contribution < 1.29 is 19.6 Å². The van der Waals surface area contributed by atoms with Crippen LogP contribution < -0.4 is 4.74 Å². The molecule has 1 saturated heterocycles. The van der Waals surface area contributed by atoms with Gasteiger partial charge < -0.3 is 29.4 Å². The van der Waals surface area contributed by atoms with Crippen molar-refractivity contribution in [1.29, 1.82) is 0 Å². The number of aliphatic hydroxyl groups is 1. The second-order valence-corrected chi connectivity index (χ2v) is 10.7. The summed E-state index contributed by atoms with van der Waals surface area (Å²) in [7, 11) is 0. The molecule has 1 spiro atoms. The summed E-state index contributed by atoms with van der Waals surface area (Å²) in [5, 5.41) is 37.3. The molecular weight excluding hydrogens is 394 g/mol. The number of nitrogens with zero attached hydrogens (tertiary/aromatic N) is 3. The van der Waals surface area contributed by atoms with E-state index in [1.807, 2.05) is 18.6 Å². The van der Waals surface area contributed by atoms with Crippen LogP contribution in [0.25, 0.3) is 0 Å². The number of hydrogen-bond acceptors (Lipinski definition) is 5. The molecule has 7 nitrogen and oxygen atoms in total. The molecule has 1 unspecified atom stereocenters. The smallest absolute Gasteiger partial charge is 0.165 e. The number of hydroxylamine groups is 3. The van der Waals surface area contributed by atoms with Crippen LogP contribution in [0.3, 0.4) is 0 Å². The number of aromatic nitrogens is 2. The van der Waals surface area contributed by atoms with Crippen LogP contribution in [0.5, 0.6) is 11.5 Å². The number of phenolic OH excluding ortho intramolecular Hbond substituents is 1. The van der Waals surface area contributed by atoms with E-state index >= 15 is 0 Å². The van der Waals surface area contributed by atoms with E-state index in [4.69, 9.17) is 4.74 Å². The minimum atomic E-state index is -1.09. The number of phenols is 1. The Bertz CT molecular complexity index is 1050. The highest BCUT2D eigenvalue weighted by molar-refractivity contribution is 5.62. The van der Waals surface area contributed by atoms with Gasteiger partial charge in [0.25, 0.3) is 0 Å². The fourth-order valence-electron chi connectivity index (χ4n) is 7.71. The van der Waals surface area contributed by atoms with Crippen molar-refractivity contribution in [3.63, 3.8) is 0 Å². The molecule has 164 valence electrons. The minimum Gasteiger partial charge on any atom is -0.632 e. The second-order valence-electron chi connectivity index (χ2n) is 10.7. The molecule has 2 bridgehead atoms. The van der Waals surface area contributed by atoms with Gasteiger partial charge in [-0.3, -0.25) is 0 Å². The summed E-state index contributed by atoms with van der Waals surface area (Å²) in [5.74, 6) is 1.39. The summed E-state index contributed by atoms with van der Waals surface area (Å²) in [6.45, 7) is 1.92. The Labute approximate surface area is 181 Å². The minimum absolute atomic E-state index is 0.149. The second kappa shape index (κ2) is 5.82. The fourth-order valence-corrected chi connectivity index (χ4v) is 7.71. The third-order valence-corrected chi connectivity index (χ3v) is 9.18. The van der Waals surface area contributed by atoms with E-state index in [1.54, 1.807) is 12.3 Å². The zero-order valence-corrected chi connectivity index (χ0v) is 17.6. The Morgan fingerprint density at radius 3 is 2.90 bits per heavy atom. The quantitative estimate of drug-likeness (QED) is 0.582. The highest BCUT2D eigenvalue weighted by Gasteiger charge is 2.75. The number of imidazole rings is 1. The predicted octanol–water partition coefficient (Wildman–Crippen LogP) is 2.48. The fraction of sp³-hybridized carbons (Fsp3) is 0.625. The van der Waals surface area contributed by atoms with Crippen LogP contribution in [0.15, 0.2) is 30.9 Å². The number of benzene rings is 1. The van der Waals surface area contributed by atoms with Crippen molar-refractivity contribution in [3.8, 4) is 11.5 Å². The van der Waals surface area contributed by atoms with Crippen molar-refractivity contribution in [2.45, 2.75) is 68.2 Å². The van der Waals surface area contributed by atoms with Gasteiger partial charge in [0, 0.05) is 49.2 Å². The van der Waals surface area contributed by atoms with E-state index < -0.39 is 11.0 Å². The molecule has 3 aliphatic carbocycles. The summed E-state index contributed by atoms with van der Waals surface area (Å²) in [4.78, 5) is 4.18. The van der Waals surface area contributed by atoms with Gasteiger partial charge in [0.2, 0.25) is 0 Å². The van der Waals surface area contributed by atoms with Crippen molar-refractivity contribution in [1.82, 2.24) is 9.55 Å². The third kappa shape index (κ3) is 2.22. The van der Waals surface area contributed by atoms with Crippen LogP contribution in [0.1, 0.15) is 43.2 Å². The zero-order valence-electron chi connectivity index (χ0n) is 17.6. The van der Waals surface area contributed by atoms with Gasteiger partial charge >= 0.3 is 0 Å². The first-order chi connectivity index (χ1) is 14.9. The van der Waals surface area contributed by atoms with Crippen LogP contribution in [0, 0.1) is 17.0 Å². The third-order valence-electron chi connectivity index (χ3n) is 9.18. The summed E-state index contributed by atoms with van der Waals surface area (Å²) in [6, 6.07) is 3.30. The highest BCUT2D eigenvalue weighted by Crippen LogP contribution is 2.67. The topological polar surface area (TPSA) is 90.6 Å². The van der Waals surface area contributed by atoms with Gasteiger partial charge in [-0.2, -0.15) is 0 Å². The zero-order chi connectivity index (χ0) is 21.0. The largest absolute Gasteiger partial charge is 0.632 e. The number of rotatable bonds is 4. The van der Waals surface area contributed by atoms with E-state index in [-0.39, 0.29) is 28.5 Å². The Morgan fingerprint density at radius 2 is 2.13 bits per heavy atom. The maximum atomic E-state index is 14.2. The van der Waals surface area contributed by atoms with Crippen LogP contribution in [0.4, 0.5) is 0 Å². The van der Waals surface area contributed by atoms with Crippen LogP contribution in [-0.4, -0.2) is 55.2 Å². The molecule has 3 heterocycles. The van der Waals surface area contributed by atoms with Gasteiger partial charge in [-0.25, -0.2) is 4.98 Å². The Balaban J connectivity index is 1.39. The Hall–Kier alpha value is -2.09. The average molecular weight is 424 g/mol. The van der Waals surface area contributed by atoms with Gasteiger partial charge in [0.1, 0.15) is 17.7 Å². The van der Waals surface area contributed by atoms with E-state index in [0.717, 1.165) is 36.9 Å². The first-order valence-corrected chi connectivity index (χ1v) is 11.7. The van der Waals surface area contributed by atoms with E-state index in [1.165, 1.54) is 0 Å². The van der Waals surface area contributed by atoms with E-state index in [2.05, 4.69) is 9.55 Å². The van der Waals surface area contributed by atoms with Crippen LogP contribution in [0.2, 0.25) is 0 Å². The molecule has 7 rings (SSSR count). The Kier molecular flexibility index (Phi) is 3.47. The lowest BCUT2D eigenvalue weighted by molar-refractivity contribution is -0.924. The molecule has 1 aromatic heterocycles. The molecule has 5 aliphatic rings. The molecule has 2 saturated carbocycles. The van der Waals surface area contributed by atoms with Crippen LogP contribution in [-0.2, 0) is 18.4 Å². The van der Waals surface area contributed by atoms with Crippen molar-refractivity contribution in [2.24, 2.45) is 11.8 Å². The maximum Gasteiger partial charge on any atom is 0.165 e. The number of quaternary nitrogens is 1. The predicted molar refractivity (Wildman–Crippen MR) is 112 cm³/mol. The SMILES string of the molecule is [O-][N+]1(CC2CC2)CC[C@]23c4c5ccc(O)c4O[C@H]2[C@@H](Cn2ccnc2)CC[C@@]3(O)[C@H]1C5.